The van der Waals surface area contributed by atoms with Crippen LogP contribution in [0.3, 0.4) is 0 Å². The zero-order valence-corrected chi connectivity index (χ0v) is 10.7. The molecular formula is C12H15Cl2NO. The molecule has 0 heterocycles. The molecule has 1 aliphatic rings. The molecule has 1 aromatic rings. The van der Waals surface area contributed by atoms with Crippen LogP contribution in [0, 0.1) is 0 Å². The number of benzene rings is 1. The maximum Gasteiger partial charge on any atom is 0.141 e. The van der Waals surface area contributed by atoms with E-state index in [9.17, 15) is 0 Å². The van der Waals surface area contributed by atoms with Crippen LogP contribution >= 0.6 is 23.2 Å². The molecule has 16 heavy (non-hydrogen) atoms. The van der Waals surface area contributed by atoms with Gasteiger partial charge in [-0.3, -0.25) is 0 Å². The van der Waals surface area contributed by atoms with Crippen molar-refractivity contribution >= 4 is 23.2 Å². The van der Waals surface area contributed by atoms with Crippen LogP contribution in [0.5, 0.6) is 5.75 Å². The van der Waals surface area contributed by atoms with Crippen molar-refractivity contribution in [3.05, 3.63) is 27.7 Å². The van der Waals surface area contributed by atoms with Crippen molar-refractivity contribution in [2.45, 2.75) is 24.7 Å². The molecule has 1 aliphatic carbocycles. The second kappa shape index (κ2) is 4.44. The number of rotatable bonds is 3. The molecule has 0 bridgehead atoms. The quantitative estimate of drug-likeness (QED) is 0.904. The first-order valence-corrected chi connectivity index (χ1v) is 6.12. The van der Waals surface area contributed by atoms with Crippen LogP contribution in [0.4, 0.5) is 0 Å². The summed E-state index contributed by atoms with van der Waals surface area (Å²) in [7, 11) is 1.63. The third kappa shape index (κ3) is 1.79. The molecule has 1 saturated carbocycles. The minimum Gasteiger partial charge on any atom is -0.495 e. The van der Waals surface area contributed by atoms with E-state index in [1.807, 2.05) is 6.07 Å². The standard InChI is InChI=1S/C12H15Cl2NO/c1-16-11-9(5-8(13)6-10(11)14)12(7-15)3-2-4-12/h5-6H,2-4,7,15H2,1H3. The molecule has 0 aromatic heterocycles. The topological polar surface area (TPSA) is 35.2 Å². The molecule has 88 valence electrons. The summed E-state index contributed by atoms with van der Waals surface area (Å²) in [6, 6.07) is 3.63. The van der Waals surface area contributed by atoms with E-state index in [2.05, 4.69) is 0 Å². The zero-order chi connectivity index (χ0) is 11.8. The number of nitrogens with two attached hydrogens (primary N) is 1. The van der Waals surface area contributed by atoms with E-state index in [0.717, 1.165) is 24.2 Å². The van der Waals surface area contributed by atoms with Crippen molar-refractivity contribution in [3.8, 4) is 5.75 Å². The molecule has 2 rings (SSSR count). The molecule has 0 aliphatic heterocycles. The minimum absolute atomic E-state index is 0.0138. The van der Waals surface area contributed by atoms with Crippen LogP contribution < -0.4 is 10.5 Å². The Morgan fingerprint density at radius 3 is 2.50 bits per heavy atom. The Morgan fingerprint density at radius 2 is 2.06 bits per heavy atom. The highest BCUT2D eigenvalue weighted by Gasteiger charge is 2.40. The third-order valence-electron chi connectivity index (χ3n) is 3.49. The lowest BCUT2D eigenvalue weighted by molar-refractivity contribution is 0.243. The lowest BCUT2D eigenvalue weighted by Crippen LogP contribution is -2.41. The average Bonchev–Trinajstić information content (AvgIpc) is 2.16. The summed E-state index contributed by atoms with van der Waals surface area (Å²) >= 11 is 12.2. The first-order chi connectivity index (χ1) is 7.63. The molecule has 2 nitrogen and oxygen atoms in total. The van der Waals surface area contributed by atoms with Gasteiger partial charge in [0.2, 0.25) is 0 Å². The number of hydrogen-bond donors (Lipinski definition) is 1. The van der Waals surface area contributed by atoms with Crippen LogP contribution in [0.1, 0.15) is 24.8 Å². The fourth-order valence-electron chi connectivity index (χ4n) is 2.35. The monoisotopic (exact) mass is 259 g/mol. The van der Waals surface area contributed by atoms with Crippen molar-refractivity contribution in [1.82, 2.24) is 0 Å². The van der Waals surface area contributed by atoms with Gasteiger partial charge in [0, 0.05) is 22.5 Å². The molecule has 2 N–H and O–H groups in total. The molecule has 0 atom stereocenters. The third-order valence-corrected chi connectivity index (χ3v) is 3.98. The van der Waals surface area contributed by atoms with E-state index >= 15 is 0 Å². The summed E-state index contributed by atoms with van der Waals surface area (Å²) in [5.41, 5.74) is 6.95. The molecule has 0 radical (unpaired) electrons. The maximum atomic E-state index is 6.13. The van der Waals surface area contributed by atoms with E-state index in [1.54, 1.807) is 13.2 Å². The highest BCUT2D eigenvalue weighted by molar-refractivity contribution is 6.35. The molecule has 0 spiro atoms. The van der Waals surface area contributed by atoms with Crippen molar-refractivity contribution in [2.24, 2.45) is 5.73 Å². The summed E-state index contributed by atoms with van der Waals surface area (Å²) in [5, 5.41) is 1.20. The molecule has 1 aromatic carbocycles. The Bertz CT molecular complexity index is 397. The van der Waals surface area contributed by atoms with Crippen LogP contribution in [0.25, 0.3) is 0 Å². The molecule has 0 amide bonds. The van der Waals surface area contributed by atoms with Gasteiger partial charge in [-0.2, -0.15) is 0 Å². The molecule has 1 fully saturated rings. The molecular weight excluding hydrogens is 245 g/mol. The zero-order valence-electron chi connectivity index (χ0n) is 9.22. The van der Waals surface area contributed by atoms with Crippen LogP contribution in [-0.2, 0) is 5.41 Å². The summed E-state index contributed by atoms with van der Waals surface area (Å²) in [4.78, 5) is 0. The maximum absolute atomic E-state index is 6.13. The van der Waals surface area contributed by atoms with E-state index in [0.29, 0.717) is 16.6 Å². The van der Waals surface area contributed by atoms with Gasteiger partial charge in [0.05, 0.1) is 12.1 Å². The highest BCUT2D eigenvalue weighted by atomic mass is 35.5. The Balaban J connectivity index is 2.53. The predicted molar refractivity (Wildman–Crippen MR) is 67.6 cm³/mol. The van der Waals surface area contributed by atoms with Gasteiger partial charge >= 0.3 is 0 Å². The van der Waals surface area contributed by atoms with Gasteiger partial charge in [0.25, 0.3) is 0 Å². The van der Waals surface area contributed by atoms with E-state index in [1.165, 1.54) is 6.42 Å². The van der Waals surface area contributed by atoms with Crippen molar-refractivity contribution in [3.63, 3.8) is 0 Å². The van der Waals surface area contributed by atoms with Crippen molar-refractivity contribution < 1.29 is 4.74 Å². The number of hydrogen-bond acceptors (Lipinski definition) is 2. The molecule has 0 saturated heterocycles. The number of methoxy groups -OCH3 is 1. The SMILES string of the molecule is COc1c(Cl)cc(Cl)cc1C1(CN)CCC1. The highest BCUT2D eigenvalue weighted by Crippen LogP contribution is 2.49. The minimum atomic E-state index is 0.0138. The first-order valence-electron chi connectivity index (χ1n) is 5.36. The van der Waals surface area contributed by atoms with Crippen LogP contribution in [0.15, 0.2) is 12.1 Å². The second-order valence-corrected chi connectivity index (χ2v) is 5.15. The Morgan fingerprint density at radius 1 is 1.38 bits per heavy atom. The summed E-state index contributed by atoms with van der Waals surface area (Å²) in [5.74, 6) is 0.719. The number of halogens is 2. The van der Waals surface area contributed by atoms with Gasteiger partial charge in [-0.25, -0.2) is 0 Å². The summed E-state index contributed by atoms with van der Waals surface area (Å²) < 4.78 is 5.37. The molecule has 0 unspecified atom stereocenters. The average molecular weight is 260 g/mol. The lowest BCUT2D eigenvalue weighted by Gasteiger charge is -2.42. The van der Waals surface area contributed by atoms with Crippen molar-refractivity contribution in [1.29, 1.82) is 0 Å². The first kappa shape index (κ1) is 12.0. The van der Waals surface area contributed by atoms with Gasteiger partial charge in [0.15, 0.2) is 0 Å². The Hall–Kier alpha value is -0.440. The van der Waals surface area contributed by atoms with Gasteiger partial charge in [-0.1, -0.05) is 29.6 Å². The smallest absolute Gasteiger partial charge is 0.141 e. The Kier molecular flexibility index (Phi) is 3.34. The summed E-state index contributed by atoms with van der Waals surface area (Å²) in [6.45, 7) is 0.611. The normalized spacial score (nSPS) is 18.0. The predicted octanol–water partition coefficient (Wildman–Crippen LogP) is 3.38. The van der Waals surface area contributed by atoms with Gasteiger partial charge in [-0.15, -0.1) is 0 Å². The fourth-order valence-corrected chi connectivity index (χ4v) is 2.92. The van der Waals surface area contributed by atoms with Crippen LogP contribution in [0.2, 0.25) is 10.0 Å². The fraction of sp³-hybridized carbons (Fsp3) is 0.500. The van der Waals surface area contributed by atoms with Gasteiger partial charge in [-0.05, 0) is 25.0 Å². The Labute approximate surface area is 106 Å². The van der Waals surface area contributed by atoms with E-state index in [4.69, 9.17) is 33.7 Å². The van der Waals surface area contributed by atoms with E-state index in [-0.39, 0.29) is 5.41 Å². The second-order valence-electron chi connectivity index (χ2n) is 4.31. The van der Waals surface area contributed by atoms with Gasteiger partial charge in [0.1, 0.15) is 5.75 Å². The summed E-state index contributed by atoms with van der Waals surface area (Å²) in [6.07, 6.45) is 3.36. The van der Waals surface area contributed by atoms with Crippen molar-refractivity contribution in [2.75, 3.05) is 13.7 Å². The van der Waals surface area contributed by atoms with E-state index < -0.39 is 0 Å². The molecule has 4 heteroatoms. The lowest BCUT2D eigenvalue weighted by atomic mass is 9.64. The van der Waals surface area contributed by atoms with Crippen LogP contribution in [-0.4, -0.2) is 13.7 Å². The number of ether oxygens (including phenoxy) is 1. The largest absolute Gasteiger partial charge is 0.495 e. The van der Waals surface area contributed by atoms with Gasteiger partial charge < -0.3 is 10.5 Å².